The Hall–Kier alpha value is -0.910. The van der Waals surface area contributed by atoms with Gasteiger partial charge in [-0.1, -0.05) is 0 Å². The van der Waals surface area contributed by atoms with Crippen molar-refractivity contribution in [2.24, 2.45) is 0 Å². The van der Waals surface area contributed by atoms with Gasteiger partial charge < -0.3 is 18.5 Å². The highest BCUT2D eigenvalue weighted by molar-refractivity contribution is 7.57. The fraction of sp³-hybridized carbons (Fsp3) is 0.562. The molecule has 0 bridgehead atoms. The molecule has 0 amide bonds. The van der Waals surface area contributed by atoms with Crippen molar-refractivity contribution in [3.63, 3.8) is 0 Å². The van der Waals surface area contributed by atoms with Crippen LogP contribution in [0.5, 0.6) is 5.75 Å². The van der Waals surface area contributed by atoms with Crippen molar-refractivity contribution < 1.29 is 23.1 Å². The standard InChI is InChI=1S/C16H24NO5P.ClH/c1-6-20-23(18,21-7-2)9-8-13-10-17-12(3)15-14(13)11-19-16(4,5)22-15;/h8-10H,6-7,11H2,1-5H3;1H/b9-8+;. The summed E-state index contributed by atoms with van der Waals surface area (Å²) in [5.74, 6) is 1.49. The van der Waals surface area contributed by atoms with E-state index >= 15 is 0 Å². The van der Waals surface area contributed by atoms with Crippen LogP contribution in [0.2, 0.25) is 0 Å². The molecule has 0 fully saturated rings. The zero-order valence-electron chi connectivity index (χ0n) is 14.7. The highest BCUT2D eigenvalue weighted by Crippen LogP contribution is 2.50. The Bertz CT molecular complexity index is 638. The molecule has 6 nitrogen and oxygen atoms in total. The normalized spacial score (nSPS) is 16.4. The molecule has 0 aromatic carbocycles. The number of aryl methyl sites for hydroxylation is 1. The molecule has 1 aromatic rings. The SMILES string of the molecule is CCOP(=O)(/C=C/c1cnc(C)c2c1COC(C)(C)O2)OCC.Cl. The van der Waals surface area contributed by atoms with Crippen molar-refractivity contribution in [2.75, 3.05) is 13.2 Å². The third-order valence-electron chi connectivity index (χ3n) is 3.32. The van der Waals surface area contributed by atoms with Gasteiger partial charge in [0, 0.05) is 37.0 Å². The van der Waals surface area contributed by atoms with E-state index in [4.69, 9.17) is 18.5 Å². The summed E-state index contributed by atoms with van der Waals surface area (Å²) in [7, 11) is -3.25. The molecule has 0 saturated carbocycles. The minimum atomic E-state index is -3.25. The second-order valence-electron chi connectivity index (χ2n) is 5.59. The van der Waals surface area contributed by atoms with Gasteiger partial charge in [-0.2, -0.15) is 0 Å². The highest BCUT2D eigenvalue weighted by Gasteiger charge is 2.30. The van der Waals surface area contributed by atoms with E-state index in [-0.39, 0.29) is 12.4 Å². The quantitative estimate of drug-likeness (QED) is 0.670. The van der Waals surface area contributed by atoms with Gasteiger partial charge in [-0.3, -0.25) is 9.55 Å². The van der Waals surface area contributed by atoms with Gasteiger partial charge in [-0.15, -0.1) is 12.4 Å². The zero-order chi connectivity index (χ0) is 17.1. The van der Waals surface area contributed by atoms with Crippen molar-refractivity contribution in [2.45, 2.75) is 47.0 Å². The minimum Gasteiger partial charge on any atom is -0.461 e. The Labute approximate surface area is 149 Å². The van der Waals surface area contributed by atoms with Gasteiger partial charge >= 0.3 is 7.60 Å². The summed E-state index contributed by atoms with van der Waals surface area (Å²) in [6.07, 6.45) is 3.40. The fourth-order valence-electron chi connectivity index (χ4n) is 2.26. The fourth-order valence-corrected chi connectivity index (χ4v) is 3.57. The second-order valence-corrected chi connectivity index (χ2v) is 7.48. The number of nitrogens with zero attached hydrogens (tertiary/aromatic N) is 1. The maximum atomic E-state index is 12.5. The number of rotatable bonds is 6. The van der Waals surface area contributed by atoms with Gasteiger partial charge in [0.25, 0.3) is 0 Å². The predicted octanol–water partition coefficient (Wildman–Crippen LogP) is 4.69. The molecule has 0 N–H and O–H groups in total. The molecular formula is C16H25ClNO5P. The third kappa shape index (κ3) is 5.04. The average molecular weight is 378 g/mol. The predicted molar refractivity (Wildman–Crippen MR) is 95.6 cm³/mol. The van der Waals surface area contributed by atoms with Crippen LogP contribution in [0.15, 0.2) is 12.0 Å². The van der Waals surface area contributed by atoms with Crippen LogP contribution in [-0.2, 0) is 25.0 Å². The van der Waals surface area contributed by atoms with Crippen LogP contribution in [-0.4, -0.2) is 24.0 Å². The van der Waals surface area contributed by atoms with E-state index in [1.165, 1.54) is 5.82 Å². The maximum absolute atomic E-state index is 12.5. The second kappa shape index (κ2) is 8.45. The van der Waals surface area contributed by atoms with Crippen molar-refractivity contribution in [3.8, 4) is 5.75 Å². The van der Waals surface area contributed by atoms with Crippen LogP contribution in [0.4, 0.5) is 0 Å². The zero-order valence-corrected chi connectivity index (χ0v) is 16.4. The van der Waals surface area contributed by atoms with E-state index in [0.29, 0.717) is 25.6 Å². The van der Waals surface area contributed by atoms with Crippen LogP contribution < -0.4 is 4.74 Å². The molecule has 0 radical (unpaired) electrons. The van der Waals surface area contributed by atoms with Gasteiger partial charge in [0.1, 0.15) is 5.75 Å². The van der Waals surface area contributed by atoms with Gasteiger partial charge in [-0.25, -0.2) is 0 Å². The first-order chi connectivity index (χ1) is 10.8. The van der Waals surface area contributed by atoms with E-state index in [1.54, 1.807) is 26.1 Å². The van der Waals surface area contributed by atoms with Gasteiger partial charge in [0.2, 0.25) is 5.79 Å². The molecule has 1 aliphatic rings. The van der Waals surface area contributed by atoms with Gasteiger partial charge in [0.15, 0.2) is 0 Å². The van der Waals surface area contributed by atoms with Crippen molar-refractivity contribution in [1.29, 1.82) is 0 Å². The van der Waals surface area contributed by atoms with Gasteiger partial charge in [-0.05, 0) is 26.8 Å². The molecule has 0 spiro atoms. The lowest BCUT2D eigenvalue weighted by Crippen LogP contribution is -2.36. The largest absolute Gasteiger partial charge is 0.461 e. The first-order valence-electron chi connectivity index (χ1n) is 7.69. The molecule has 24 heavy (non-hydrogen) atoms. The number of hydrogen-bond donors (Lipinski definition) is 0. The molecule has 136 valence electrons. The van der Waals surface area contributed by atoms with E-state index < -0.39 is 13.4 Å². The van der Waals surface area contributed by atoms with Crippen LogP contribution in [0, 0.1) is 6.92 Å². The Balaban J connectivity index is 0.00000288. The summed E-state index contributed by atoms with van der Waals surface area (Å²) >= 11 is 0. The number of hydrogen-bond acceptors (Lipinski definition) is 6. The number of halogens is 1. The smallest absolute Gasteiger partial charge is 0.354 e. The highest BCUT2D eigenvalue weighted by atomic mass is 35.5. The summed E-state index contributed by atoms with van der Waals surface area (Å²) in [6, 6.07) is 0. The summed E-state index contributed by atoms with van der Waals surface area (Å²) in [5.41, 5.74) is 2.46. The maximum Gasteiger partial charge on any atom is 0.354 e. The first kappa shape index (κ1) is 21.1. The van der Waals surface area contributed by atoms with E-state index in [1.807, 2.05) is 20.8 Å². The lowest BCUT2D eigenvalue weighted by atomic mass is 10.1. The number of fused-ring (bicyclic) bond motifs is 1. The Morgan fingerprint density at radius 3 is 2.54 bits per heavy atom. The van der Waals surface area contributed by atoms with Gasteiger partial charge in [0.05, 0.1) is 25.5 Å². The monoisotopic (exact) mass is 377 g/mol. The molecular weight excluding hydrogens is 353 g/mol. The van der Waals surface area contributed by atoms with Crippen molar-refractivity contribution in [1.82, 2.24) is 4.98 Å². The molecule has 0 saturated heterocycles. The van der Waals surface area contributed by atoms with E-state index in [2.05, 4.69) is 4.98 Å². The Kier molecular flexibility index (Phi) is 7.44. The van der Waals surface area contributed by atoms with Crippen LogP contribution in [0.1, 0.15) is 44.5 Å². The van der Waals surface area contributed by atoms with Crippen molar-refractivity contribution >= 4 is 26.1 Å². The minimum absolute atomic E-state index is 0. The molecule has 0 unspecified atom stereocenters. The Morgan fingerprint density at radius 1 is 1.33 bits per heavy atom. The van der Waals surface area contributed by atoms with Crippen LogP contribution in [0.3, 0.4) is 0 Å². The third-order valence-corrected chi connectivity index (χ3v) is 5.07. The number of pyridine rings is 1. The lowest BCUT2D eigenvalue weighted by Gasteiger charge is -2.33. The molecule has 2 rings (SSSR count). The van der Waals surface area contributed by atoms with E-state index in [9.17, 15) is 4.57 Å². The number of ether oxygens (including phenoxy) is 2. The van der Waals surface area contributed by atoms with Crippen molar-refractivity contribution in [3.05, 3.63) is 28.8 Å². The molecule has 0 aliphatic carbocycles. The summed E-state index contributed by atoms with van der Waals surface area (Å²) in [5, 5.41) is 0. The van der Waals surface area contributed by atoms with E-state index in [0.717, 1.165) is 16.8 Å². The lowest BCUT2D eigenvalue weighted by molar-refractivity contribution is -0.180. The first-order valence-corrected chi connectivity index (χ1v) is 9.31. The molecule has 2 heterocycles. The molecule has 1 aliphatic heterocycles. The molecule has 8 heteroatoms. The molecule has 0 atom stereocenters. The summed E-state index contributed by atoms with van der Waals surface area (Å²) in [6.45, 7) is 10.2. The number of aromatic nitrogens is 1. The summed E-state index contributed by atoms with van der Waals surface area (Å²) < 4.78 is 34.6. The average Bonchev–Trinajstić information content (AvgIpc) is 2.47. The summed E-state index contributed by atoms with van der Waals surface area (Å²) in [4.78, 5) is 4.35. The van der Waals surface area contributed by atoms with Crippen LogP contribution >= 0.6 is 20.0 Å². The Morgan fingerprint density at radius 2 is 1.96 bits per heavy atom. The molecule has 1 aromatic heterocycles. The van der Waals surface area contributed by atoms with Crippen LogP contribution in [0.25, 0.3) is 6.08 Å². The topological polar surface area (TPSA) is 66.9 Å².